The molecule has 1 aliphatic carbocycles. The fraction of sp³-hybridized carbons (Fsp3) is 0.475. The number of aromatic amines is 1. The molecule has 4 fully saturated rings. The van der Waals surface area contributed by atoms with Crippen molar-refractivity contribution in [3.63, 3.8) is 0 Å². The Morgan fingerprint density at radius 2 is 1.63 bits per heavy atom. The number of hydrogen-bond acceptors (Lipinski definition) is 10. The summed E-state index contributed by atoms with van der Waals surface area (Å²) in [5.41, 5.74) is 10.7. The molecule has 79 heavy (non-hydrogen) atoms. The first kappa shape index (κ1) is 54.4. The second-order valence-corrected chi connectivity index (χ2v) is 22.4. The van der Waals surface area contributed by atoms with Crippen molar-refractivity contribution in [3.8, 4) is 11.8 Å². The van der Waals surface area contributed by atoms with Gasteiger partial charge in [0, 0.05) is 85.2 Å². The molecule has 1 saturated carbocycles. The number of carbonyl (C=O) groups is 10. The number of amides is 8. The molecule has 6 aliphatic rings. The van der Waals surface area contributed by atoms with Crippen LogP contribution in [-0.4, -0.2) is 116 Å². The lowest BCUT2D eigenvalue weighted by Crippen LogP contribution is -2.55. The summed E-state index contributed by atoms with van der Waals surface area (Å²) in [6, 6.07) is 15.3. The van der Waals surface area contributed by atoms with Gasteiger partial charge in [-0.1, -0.05) is 61.4 Å². The number of hydrogen-bond donors (Lipinski definition) is 5. The molecule has 18 nitrogen and oxygen atoms in total. The standard InChI is InChI=1S/C61H68N8O10/c1-35(70)39-18-19-46-41(30-39)32-48(63-46)56(74)65-49-31-40-14-7-8-16-42(40)50-21-22-52(69(50)61(49)79)58(76)64-47(20-24-54(62)72)53(71)33-44(37-11-3-2-4-12-37)59(77)67-28-26-36(27-29-67)10-5-6-13-38-15-9-17-43-45(38)34-68(60(43)78)51-23-25-55(73)66-57(51)75/h7-9,14-19,30,32,36-37,44,47,49-52,63H,2-5,10-12,20-29,31,33-34H2,1H3,(H2,62,72)(H,64,76)(H,65,74)(H,66,73,75)/t44-,47-,49-,50+,51?,52-/m0/s1. The van der Waals surface area contributed by atoms with Crippen LogP contribution in [0.5, 0.6) is 0 Å². The molecule has 3 aromatic carbocycles. The SMILES string of the molecule is CC(=O)c1ccc2[nH]c(C(=O)N[C@H]3Cc4ccccc4[C@H]4CC[C@@H](C(=O)N[C@@H](CCC(N)=O)C(=O)C[C@H](C(=O)N5CCC(CCC#Cc6cccc7c6CN(C6CCC(=O)NC6=O)C7=O)CC5)C5CCCCC5)N4C3=O)cc2c1. The molecule has 6 atom stereocenters. The van der Waals surface area contributed by atoms with E-state index in [2.05, 4.69) is 32.8 Å². The van der Waals surface area contributed by atoms with Crippen LogP contribution in [0.1, 0.15) is 169 Å². The van der Waals surface area contributed by atoms with Gasteiger partial charge in [-0.05, 0) is 130 Å². The minimum atomic E-state index is -1.15. The number of ketones is 2. The van der Waals surface area contributed by atoms with Crippen LogP contribution in [0, 0.1) is 29.6 Å². The quantitative estimate of drug-likeness (QED) is 0.0535. The molecular weight excluding hydrogens is 1000 g/mol. The zero-order valence-corrected chi connectivity index (χ0v) is 44.6. The minimum absolute atomic E-state index is 0.0311. The molecule has 8 amide bonds. The normalized spacial score (nSPS) is 22.2. The van der Waals surface area contributed by atoms with Gasteiger partial charge in [-0.15, -0.1) is 0 Å². The largest absolute Gasteiger partial charge is 0.370 e. The van der Waals surface area contributed by atoms with Crippen molar-refractivity contribution in [1.29, 1.82) is 0 Å². The zero-order valence-electron chi connectivity index (χ0n) is 44.6. The Kier molecular flexibility index (Phi) is 16.2. The molecule has 0 radical (unpaired) electrons. The van der Waals surface area contributed by atoms with Gasteiger partial charge in [0.1, 0.15) is 23.8 Å². The first-order chi connectivity index (χ1) is 38.1. The third kappa shape index (κ3) is 11.8. The van der Waals surface area contributed by atoms with E-state index < -0.39 is 65.7 Å². The Balaban J connectivity index is 0.783. The highest BCUT2D eigenvalue weighted by atomic mass is 16.2. The topological polar surface area (TPSA) is 258 Å². The lowest BCUT2D eigenvalue weighted by Gasteiger charge is -2.37. The number of nitrogens with two attached hydrogens (primary N) is 1. The van der Waals surface area contributed by atoms with Crippen molar-refractivity contribution in [2.75, 3.05) is 13.1 Å². The lowest BCUT2D eigenvalue weighted by atomic mass is 9.76. The number of H-pyrrole nitrogens is 1. The smallest absolute Gasteiger partial charge is 0.268 e. The number of nitrogens with zero attached hydrogens (tertiary/aromatic N) is 3. The van der Waals surface area contributed by atoms with Gasteiger partial charge in [0.05, 0.1) is 12.1 Å². The number of imide groups is 1. The molecule has 0 bridgehead atoms. The van der Waals surface area contributed by atoms with Crippen LogP contribution >= 0.6 is 0 Å². The highest BCUT2D eigenvalue weighted by Gasteiger charge is 2.48. The van der Waals surface area contributed by atoms with Crippen LogP contribution in [0.3, 0.4) is 0 Å². The number of likely N-dealkylation sites (tertiary alicyclic amines) is 1. The van der Waals surface area contributed by atoms with E-state index in [9.17, 15) is 47.9 Å². The zero-order chi connectivity index (χ0) is 55.5. The van der Waals surface area contributed by atoms with Gasteiger partial charge < -0.3 is 36.1 Å². The van der Waals surface area contributed by atoms with Crippen molar-refractivity contribution in [1.82, 2.24) is 35.6 Å². The highest BCUT2D eigenvalue weighted by molar-refractivity contribution is 6.06. The summed E-state index contributed by atoms with van der Waals surface area (Å²) in [5, 5.41) is 8.87. The van der Waals surface area contributed by atoms with Crippen LogP contribution in [0.25, 0.3) is 10.9 Å². The van der Waals surface area contributed by atoms with E-state index >= 15 is 0 Å². The van der Waals surface area contributed by atoms with E-state index in [1.165, 1.54) is 16.7 Å². The Morgan fingerprint density at radius 3 is 2.39 bits per heavy atom. The van der Waals surface area contributed by atoms with E-state index in [-0.39, 0.29) is 92.4 Å². The van der Waals surface area contributed by atoms with Crippen LogP contribution in [0.4, 0.5) is 0 Å². The monoisotopic (exact) mass is 1070 g/mol. The molecule has 10 rings (SSSR count). The molecule has 1 unspecified atom stereocenters. The number of rotatable bonds is 16. The minimum Gasteiger partial charge on any atom is -0.370 e. The Morgan fingerprint density at radius 1 is 0.848 bits per heavy atom. The molecule has 4 aromatic rings. The molecule has 18 heteroatoms. The van der Waals surface area contributed by atoms with Gasteiger partial charge in [0.25, 0.3) is 11.8 Å². The lowest BCUT2D eigenvalue weighted by molar-refractivity contribution is -0.144. The van der Waals surface area contributed by atoms with Crippen molar-refractivity contribution in [3.05, 3.63) is 106 Å². The predicted molar refractivity (Wildman–Crippen MR) is 290 cm³/mol. The first-order valence-corrected chi connectivity index (χ1v) is 28.1. The third-order valence-electron chi connectivity index (χ3n) is 17.4. The molecular formula is C61H68N8O10. The average molecular weight is 1070 g/mol. The van der Waals surface area contributed by atoms with Gasteiger partial charge in [-0.2, -0.15) is 0 Å². The van der Waals surface area contributed by atoms with Gasteiger partial charge in [-0.3, -0.25) is 53.3 Å². The second-order valence-electron chi connectivity index (χ2n) is 22.4. The van der Waals surface area contributed by atoms with Gasteiger partial charge >= 0.3 is 0 Å². The number of piperidine rings is 2. The maximum atomic E-state index is 14.8. The van der Waals surface area contributed by atoms with E-state index in [0.717, 1.165) is 73.6 Å². The number of primary amides is 1. The predicted octanol–water partition coefficient (Wildman–Crippen LogP) is 5.49. The average Bonchev–Trinajstić information content (AvgIpc) is 4.39. The summed E-state index contributed by atoms with van der Waals surface area (Å²) >= 11 is 0. The number of aromatic nitrogens is 1. The number of carbonyl (C=O) groups excluding carboxylic acids is 10. The van der Waals surface area contributed by atoms with Gasteiger partial charge in [-0.25, -0.2) is 0 Å². The fourth-order valence-electron chi connectivity index (χ4n) is 13.1. The van der Waals surface area contributed by atoms with Gasteiger partial charge in [0.15, 0.2) is 11.6 Å². The molecule has 3 saturated heterocycles. The summed E-state index contributed by atoms with van der Waals surface area (Å²) < 4.78 is 0. The Hall–Kier alpha value is -7.94. The van der Waals surface area contributed by atoms with Crippen LogP contribution in [-0.2, 0) is 46.5 Å². The van der Waals surface area contributed by atoms with Crippen molar-refractivity contribution < 1.29 is 47.9 Å². The third-order valence-corrected chi connectivity index (χ3v) is 17.4. The van der Waals surface area contributed by atoms with E-state index in [0.29, 0.717) is 53.9 Å². The number of benzene rings is 3. The first-order valence-electron chi connectivity index (χ1n) is 28.1. The van der Waals surface area contributed by atoms with Crippen molar-refractivity contribution >= 4 is 69.7 Å². The molecule has 0 spiro atoms. The number of nitrogens with one attached hydrogen (secondary N) is 4. The van der Waals surface area contributed by atoms with E-state index in [1.807, 2.05) is 35.2 Å². The number of fused-ring (bicyclic) bond motifs is 5. The summed E-state index contributed by atoms with van der Waals surface area (Å²) in [5.74, 6) is 2.44. The maximum absolute atomic E-state index is 14.8. The molecule has 1 aromatic heterocycles. The summed E-state index contributed by atoms with van der Waals surface area (Å²) in [7, 11) is 0. The van der Waals surface area contributed by atoms with Crippen LogP contribution < -0.4 is 21.7 Å². The summed E-state index contributed by atoms with van der Waals surface area (Å²) in [4.78, 5) is 143. The molecule has 6 heterocycles. The Labute approximate surface area is 458 Å². The fourth-order valence-corrected chi connectivity index (χ4v) is 13.1. The van der Waals surface area contributed by atoms with Crippen molar-refractivity contribution in [2.24, 2.45) is 23.5 Å². The van der Waals surface area contributed by atoms with Crippen LogP contribution in [0.15, 0.2) is 66.7 Å². The Bertz CT molecular complexity index is 3190. The highest BCUT2D eigenvalue weighted by Crippen LogP contribution is 2.42. The van der Waals surface area contributed by atoms with E-state index in [1.54, 1.807) is 36.4 Å². The van der Waals surface area contributed by atoms with Gasteiger partial charge in [0.2, 0.25) is 35.4 Å². The second kappa shape index (κ2) is 23.6. The molecule has 5 aliphatic heterocycles. The van der Waals surface area contributed by atoms with Crippen LogP contribution in [0.2, 0.25) is 0 Å². The molecule has 6 N–H and O–H groups in total. The summed E-state index contributed by atoms with van der Waals surface area (Å²) in [6.07, 6.45) is 8.48. The summed E-state index contributed by atoms with van der Waals surface area (Å²) in [6.45, 7) is 2.77. The maximum Gasteiger partial charge on any atom is 0.268 e. The van der Waals surface area contributed by atoms with E-state index in [4.69, 9.17) is 5.73 Å². The number of Topliss-reactive ketones (excluding diaryl/α,β-unsaturated/α-hetero) is 2. The van der Waals surface area contributed by atoms with Crippen molar-refractivity contribution in [2.45, 2.75) is 153 Å². The molecule has 412 valence electrons.